The van der Waals surface area contributed by atoms with Gasteiger partial charge in [-0.05, 0) is 51.4 Å². The summed E-state index contributed by atoms with van der Waals surface area (Å²) in [5.41, 5.74) is 0. The molecule has 0 aromatic carbocycles. The maximum absolute atomic E-state index is 12.9. The van der Waals surface area contributed by atoms with Gasteiger partial charge in [-0.25, -0.2) is 0 Å². The van der Waals surface area contributed by atoms with Gasteiger partial charge in [0, 0.05) is 19.3 Å². The van der Waals surface area contributed by atoms with Crippen molar-refractivity contribution in [3.05, 3.63) is 24.3 Å². The highest BCUT2D eigenvalue weighted by Crippen LogP contribution is 2.18. The van der Waals surface area contributed by atoms with E-state index in [1.165, 1.54) is 231 Å². The Morgan fingerprint density at radius 3 is 0.826 bits per heavy atom. The van der Waals surface area contributed by atoms with Crippen molar-refractivity contribution in [1.29, 1.82) is 0 Å². The number of rotatable bonds is 57. The first-order valence-electron chi connectivity index (χ1n) is 30.8. The van der Waals surface area contributed by atoms with Gasteiger partial charge in [-0.15, -0.1) is 0 Å². The Balaban J connectivity index is 4.33. The van der Waals surface area contributed by atoms with Gasteiger partial charge in [-0.1, -0.05) is 295 Å². The van der Waals surface area contributed by atoms with E-state index >= 15 is 0 Å². The summed E-state index contributed by atoms with van der Waals surface area (Å²) in [5, 5.41) is 0. The largest absolute Gasteiger partial charge is 0.462 e. The highest BCUT2D eigenvalue weighted by Gasteiger charge is 2.19. The molecule has 69 heavy (non-hydrogen) atoms. The second kappa shape index (κ2) is 58.5. The van der Waals surface area contributed by atoms with E-state index < -0.39 is 6.10 Å². The lowest BCUT2D eigenvalue weighted by atomic mass is 10.0. The van der Waals surface area contributed by atoms with Crippen LogP contribution in [0.15, 0.2) is 24.3 Å². The molecule has 0 amide bonds. The van der Waals surface area contributed by atoms with Gasteiger partial charge in [0.05, 0.1) is 0 Å². The third-order valence-corrected chi connectivity index (χ3v) is 14.0. The minimum Gasteiger partial charge on any atom is -0.462 e. The minimum absolute atomic E-state index is 0.0676. The van der Waals surface area contributed by atoms with Crippen molar-refractivity contribution < 1.29 is 28.6 Å². The van der Waals surface area contributed by atoms with Gasteiger partial charge in [0.25, 0.3) is 0 Å². The first-order chi connectivity index (χ1) is 34.0. The molecule has 0 saturated carbocycles. The van der Waals surface area contributed by atoms with E-state index in [1.54, 1.807) is 0 Å². The zero-order valence-corrected chi connectivity index (χ0v) is 46.6. The zero-order chi connectivity index (χ0) is 50.0. The number of unbranched alkanes of at least 4 members (excludes halogenated alkanes) is 42. The summed E-state index contributed by atoms with van der Waals surface area (Å²) in [6.45, 7) is 6.68. The minimum atomic E-state index is -0.770. The second-order valence-corrected chi connectivity index (χ2v) is 21.0. The lowest BCUT2D eigenvalue weighted by Gasteiger charge is -2.18. The molecule has 6 nitrogen and oxygen atoms in total. The van der Waals surface area contributed by atoms with Crippen molar-refractivity contribution in [3.63, 3.8) is 0 Å². The fourth-order valence-electron chi connectivity index (χ4n) is 9.30. The van der Waals surface area contributed by atoms with Gasteiger partial charge in [-0.3, -0.25) is 14.4 Å². The molecule has 0 spiro atoms. The van der Waals surface area contributed by atoms with Crippen molar-refractivity contribution in [2.75, 3.05) is 13.2 Å². The highest BCUT2D eigenvalue weighted by atomic mass is 16.6. The second-order valence-electron chi connectivity index (χ2n) is 21.0. The fourth-order valence-corrected chi connectivity index (χ4v) is 9.30. The maximum atomic E-state index is 12.9. The average molecular weight is 972 g/mol. The van der Waals surface area contributed by atoms with E-state index in [0.717, 1.165) is 70.6 Å². The predicted molar refractivity (Wildman–Crippen MR) is 298 cm³/mol. The fraction of sp³-hybridized carbons (Fsp3) is 0.889. The molecule has 0 aliphatic heterocycles. The summed E-state index contributed by atoms with van der Waals surface area (Å²) >= 11 is 0. The molecular weight excluding hydrogens is 853 g/mol. The van der Waals surface area contributed by atoms with Crippen molar-refractivity contribution in [3.8, 4) is 0 Å². The molecule has 0 N–H and O–H groups in total. The van der Waals surface area contributed by atoms with Crippen LogP contribution in [0, 0.1) is 0 Å². The Labute approximate surface area is 430 Å². The van der Waals surface area contributed by atoms with Gasteiger partial charge in [0.15, 0.2) is 6.10 Å². The molecule has 0 rings (SSSR count). The summed E-state index contributed by atoms with van der Waals surface area (Å²) in [7, 11) is 0. The number of carbonyl (C=O) groups is 3. The third-order valence-electron chi connectivity index (χ3n) is 14.0. The molecular formula is C63H118O6. The summed E-state index contributed by atoms with van der Waals surface area (Å²) in [6.07, 6.45) is 68.8. The van der Waals surface area contributed by atoms with Crippen molar-refractivity contribution >= 4 is 17.9 Å². The van der Waals surface area contributed by atoms with Gasteiger partial charge >= 0.3 is 17.9 Å². The molecule has 0 aliphatic carbocycles. The van der Waals surface area contributed by atoms with E-state index in [4.69, 9.17) is 14.2 Å². The molecule has 1 atom stereocenters. The molecule has 0 aromatic rings. The Hall–Kier alpha value is -2.11. The first-order valence-corrected chi connectivity index (χ1v) is 30.8. The Kier molecular flexibility index (Phi) is 56.7. The molecule has 6 heteroatoms. The molecule has 0 fully saturated rings. The molecule has 0 aromatic heterocycles. The molecule has 0 unspecified atom stereocenters. The van der Waals surface area contributed by atoms with E-state index in [1.807, 2.05) is 0 Å². The van der Waals surface area contributed by atoms with Gasteiger partial charge in [-0.2, -0.15) is 0 Å². The molecule has 0 radical (unpaired) electrons. The van der Waals surface area contributed by atoms with Crippen LogP contribution in [-0.4, -0.2) is 37.2 Å². The van der Waals surface area contributed by atoms with Crippen LogP contribution in [0.25, 0.3) is 0 Å². The van der Waals surface area contributed by atoms with Crippen LogP contribution in [0.4, 0.5) is 0 Å². The molecule has 0 aliphatic rings. The van der Waals surface area contributed by atoms with E-state index in [-0.39, 0.29) is 31.1 Å². The standard InChI is InChI=1S/C63H118O6/c1-4-7-10-13-16-19-22-25-28-31-34-37-40-43-46-49-52-55-61(64)67-58-60(69-63(66)57-54-51-48-45-42-39-36-33-30-27-24-21-18-15-12-9-6-3)59-68-62(65)56-53-50-47-44-41-38-35-32-29-26-23-20-17-14-11-8-5-2/h16,19,25,28,60H,4-15,17-18,20-24,26-27,29-59H2,1-3H3/b19-16+,28-25+/t60-/m0/s1. The molecule has 406 valence electrons. The van der Waals surface area contributed by atoms with E-state index in [2.05, 4.69) is 45.1 Å². The van der Waals surface area contributed by atoms with Crippen LogP contribution in [-0.2, 0) is 28.6 Å². The summed E-state index contributed by atoms with van der Waals surface area (Å²) in [4.78, 5) is 38.3. The van der Waals surface area contributed by atoms with Gasteiger partial charge in [0.2, 0.25) is 0 Å². The van der Waals surface area contributed by atoms with E-state index in [9.17, 15) is 14.4 Å². The quantitative estimate of drug-likeness (QED) is 0.0261. The molecule has 0 saturated heterocycles. The Morgan fingerprint density at radius 1 is 0.290 bits per heavy atom. The monoisotopic (exact) mass is 971 g/mol. The lowest BCUT2D eigenvalue weighted by molar-refractivity contribution is -0.167. The smallest absolute Gasteiger partial charge is 0.306 e. The lowest BCUT2D eigenvalue weighted by Crippen LogP contribution is -2.30. The summed E-state index contributed by atoms with van der Waals surface area (Å²) in [5.74, 6) is -0.849. The maximum Gasteiger partial charge on any atom is 0.306 e. The Bertz CT molecular complexity index is 1110. The van der Waals surface area contributed by atoms with Crippen LogP contribution < -0.4 is 0 Å². The molecule has 0 bridgehead atoms. The van der Waals surface area contributed by atoms with Gasteiger partial charge in [0.1, 0.15) is 13.2 Å². The average Bonchev–Trinajstić information content (AvgIpc) is 3.35. The number of ether oxygens (including phenoxy) is 3. The molecule has 0 heterocycles. The van der Waals surface area contributed by atoms with Crippen LogP contribution in [0.2, 0.25) is 0 Å². The summed E-state index contributed by atoms with van der Waals surface area (Å²) in [6, 6.07) is 0. The van der Waals surface area contributed by atoms with Crippen molar-refractivity contribution in [2.45, 2.75) is 348 Å². The predicted octanol–water partition coefficient (Wildman–Crippen LogP) is 20.7. The first kappa shape index (κ1) is 66.9. The van der Waals surface area contributed by atoms with Crippen LogP contribution in [0.5, 0.6) is 0 Å². The van der Waals surface area contributed by atoms with Crippen LogP contribution >= 0.6 is 0 Å². The number of esters is 3. The number of hydrogen-bond donors (Lipinski definition) is 0. The van der Waals surface area contributed by atoms with Gasteiger partial charge < -0.3 is 14.2 Å². The van der Waals surface area contributed by atoms with Crippen molar-refractivity contribution in [2.24, 2.45) is 0 Å². The zero-order valence-electron chi connectivity index (χ0n) is 46.6. The third kappa shape index (κ3) is 56.7. The number of carbonyl (C=O) groups excluding carboxylic acids is 3. The highest BCUT2D eigenvalue weighted by molar-refractivity contribution is 5.71. The SMILES string of the molecule is CCCCC/C=C/C/C=C/CCCCCCCCCC(=O)OC[C@@H](COC(=O)CCCCCCCCCCCCCCCCCCC)OC(=O)CCCCCCCCCCCCCCCCCCC. The number of hydrogen-bond acceptors (Lipinski definition) is 6. The number of allylic oxidation sites excluding steroid dienone is 4. The van der Waals surface area contributed by atoms with Crippen LogP contribution in [0.3, 0.4) is 0 Å². The van der Waals surface area contributed by atoms with Crippen molar-refractivity contribution in [1.82, 2.24) is 0 Å². The van der Waals surface area contributed by atoms with E-state index in [0.29, 0.717) is 19.3 Å². The van der Waals surface area contributed by atoms with Crippen LogP contribution in [0.1, 0.15) is 342 Å². The topological polar surface area (TPSA) is 78.9 Å². The summed E-state index contributed by atoms with van der Waals surface area (Å²) < 4.78 is 16.9. The normalized spacial score (nSPS) is 12.1. The Morgan fingerprint density at radius 2 is 0.522 bits per heavy atom.